The van der Waals surface area contributed by atoms with E-state index in [4.69, 9.17) is 6.57 Å². The summed E-state index contributed by atoms with van der Waals surface area (Å²) in [6.45, 7) is 8.51. The lowest BCUT2D eigenvalue weighted by Crippen LogP contribution is -1.99. The van der Waals surface area contributed by atoms with Gasteiger partial charge in [0.05, 0.1) is 0 Å². The summed E-state index contributed by atoms with van der Waals surface area (Å²) >= 11 is 0. The summed E-state index contributed by atoms with van der Waals surface area (Å²) in [6.07, 6.45) is 4.50. The molecule has 0 radical (unpaired) electrons. The Morgan fingerprint density at radius 2 is 1.36 bits per heavy atom. The Morgan fingerprint density at radius 1 is 1.18 bits per heavy atom. The molecule has 0 bridgehead atoms. The van der Waals surface area contributed by atoms with Gasteiger partial charge in [0.15, 0.2) is 0 Å². The lowest BCUT2D eigenvalue weighted by Gasteiger charge is -1.90. The largest absolute Gasteiger partial charge is 0.317 e. The summed E-state index contributed by atoms with van der Waals surface area (Å²) in [4.78, 5) is 4.99. The molecule has 0 amide bonds. The van der Waals surface area contributed by atoms with Crippen molar-refractivity contribution in [2.45, 2.75) is 26.2 Å². The van der Waals surface area contributed by atoms with E-state index in [0.717, 1.165) is 0 Å². The summed E-state index contributed by atoms with van der Waals surface area (Å²) in [5.41, 5.74) is 0. The van der Waals surface area contributed by atoms with Crippen molar-refractivity contribution in [3.8, 4) is 0 Å². The summed E-state index contributed by atoms with van der Waals surface area (Å²) in [5.74, 6) is 0. The van der Waals surface area contributed by atoms with E-state index in [1.165, 1.54) is 19.3 Å². The molecule has 1 saturated carbocycles. The van der Waals surface area contributed by atoms with Crippen LogP contribution in [0.5, 0.6) is 0 Å². The van der Waals surface area contributed by atoms with Gasteiger partial charge in [-0.3, -0.25) is 0 Å². The van der Waals surface area contributed by atoms with Crippen LogP contribution in [0.1, 0.15) is 26.2 Å². The van der Waals surface area contributed by atoms with Gasteiger partial charge >= 0.3 is 0 Å². The zero-order valence-corrected chi connectivity index (χ0v) is 8.22. The monoisotopic (exact) mass is 156 g/mol. The van der Waals surface area contributed by atoms with E-state index in [1.807, 2.05) is 33.0 Å². The van der Waals surface area contributed by atoms with Crippen molar-refractivity contribution in [2.24, 2.45) is 0 Å². The van der Waals surface area contributed by atoms with Gasteiger partial charge in [-0.15, -0.1) is 0 Å². The molecular weight excluding hydrogens is 136 g/mol. The summed E-state index contributed by atoms with van der Waals surface area (Å²) in [7, 11) is 6.00. The minimum Gasteiger partial charge on any atom is -0.317 e. The average Bonchev–Trinajstić information content (AvgIpc) is 2.70. The number of hydrogen-bond donors (Lipinski definition) is 0. The zero-order valence-electron chi connectivity index (χ0n) is 8.22. The van der Waals surface area contributed by atoms with E-state index in [9.17, 15) is 0 Å². The maximum atomic E-state index is 6.08. The van der Waals surface area contributed by atoms with Gasteiger partial charge in [0.2, 0.25) is 6.54 Å². The Labute approximate surface area is 71.0 Å². The standard InChI is InChI=1S/C3H9N.C3H5N.C3H6/c1-4(2)3;1-3-4-2;1-2-3-1/h1-3H3;3H2,1H3;1-3H2. The minimum absolute atomic E-state index is 0.611. The Kier molecular flexibility index (Phi) is 14.4. The second-order valence-corrected chi connectivity index (χ2v) is 2.88. The Balaban J connectivity index is 0. The average molecular weight is 156 g/mol. The fraction of sp³-hybridized carbons (Fsp3) is 0.889. The highest BCUT2D eigenvalue weighted by molar-refractivity contribution is 4.50. The molecule has 0 aromatic heterocycles. The highest BCUT2D eigenvalue weighted by atomic mass is 15.0. The highest BCUT2D eigenvalue weighted by Crippen LogP contribution is 2.14. The van der Waals surface area contributed by atoms with Crippen molar-refractivity contribution in [1.29, 1.82) is 0 Å². The van der Waals surface area contributed by atoms with E-state index >= 15 is 0 Å². The van der Waals surface area contributed by atoms with Gasteiger partial charge in [0, 0.05) is 6.92 Å². The van der Waals surface area contributed by atoms with Crippen molar-refractivity contribution < 1.29 is 0 Å². The maximum Gasteiger partial charge on any atom is 0.211 e. The third-order valence-electron chi connectivity index (χ3n) is 0.512. The van der Waals surface area contributed by atoms with Crippen LogP contribution in [-0.4, -0.2) is 32.6 Å². The van der Waals surface area contributed by atoms with Crippen LogP contribution >= 0.6 is 0 Å². The second-order valence-electron chi connectivity index (χ2n) is 2.88. The van der Waals surface area contributed by atoms with Crippen LogP contribution in [0.25, 0.3) is 4.85 Å². The molecule has 0 heterocycles. The first kappa shape index (κ1) is 13.1. The Hall–Kier alpha value is -0.550. The first-order valence-corrected chi connectivity index (χ1v) is 4.09. The lowest BCUT2D eigenvalue weighted by atomic mass is 10.8. The van der Waals surface area contributed by atoms with Gasteiger partial charge in [-0.05, 0) is 21.1 Å². The van der Waals surface area contributed by atoms with E-state index in [1.54, 1.807) is 0 Å². The molecule has 1 aliphatic carbocycles. The smallest absolute Gasteiger partial charge is 0.211 e. The molecule has 0 spiro atoms. The summed E-state index contributed by atoms with van der Waals surface area (Å²) < 4.78 is 0. The van der Waals surface area contributed by atoms with E-state index < -0.39 is 0 Å². The second kappa shape index (κ2) is 12.2. The predicted molar refractivity (Wildman–Crippen MR) is 50.6 cm³/mol. The van der Waals surface area contributed by atoms with Crippen LogP contribution in [0.4, 0.5) is 0 Å². The van der Waals surface area contributed by atoms with Crippen molar-refractivity contribution in [3.63, 3.8) is 0 Å². The molecule has 0 aliphatic heterocycles. The first-order valence-electron chi connectivity index (χ1n) is 4.09. The van der Waals surface area contributed by atoms with Gasteiger partial charge < -0.3 is 9.74 Å². The molecule has 2 nitrogen and oxygen atoms in total. The van der Waals surface area contributed by atoms with Crippen molar-refractivity contribution in [1.82, 2.24) is 4.90 Å². The zero-order chi connectivity index (χ0) is 9.11. The predicted octanol–water partition coefficient (Wildman–Crippen LogP) is 2.27. The van der Waals surface area contributed by atoms with Crippen molar-refractivity contribution >= 4 is 0 Å². The number of hydrogen-bond acceptors (Lipinski definition) is 1. The third kappa shape index (κ3) is 249. The quantitative estimate of drug-likeness (QED) is 0.488. The highest BCUT2D eigenvalue weighted by Gasteiger charge is 1.95. The van der Waals surface area contributed by atoms with Gasteiger partial charge in [-0.2, -0.15) is 0 Å². The Morgan fingerprint density at radius 3 is 1.36 bits per heavy atom. The molecule has 1 aliphatic rings. The van der Waals surface area contributed by atoms with Crippen LogP contribution in [0.15, 0.2) is 0 Å². The normalized spacial score (nSPS) is 11.6. The van der Waals surface area contributed by atoms with Crippen LogP contribution in [0, 0.1) is 6.57 Å². The first-order chi connectivity index (χ1) is 5.15. The van der Waals surface area contributed by atoms with Crippen LogP contribution < -0.4 is 0 Å². The van der Waals surface area contributed by atoms with Crippen molar-refractivity contribution in [3.05, 3.63) is 11.4 Å². The van der Waals surface area contributed by atoms with Crippen LogP contribution in [0.3, 0.4) is 0 Å². The molecule has 1 rings (SSSR count). The van der Waals surface area contributed by atoms with E-state index in [0.29, 0.717) is 6.54 Å². The van der Waals surface area contributed by atoms with Crippen LogP contribution in [-0.2, 0) is 0 Å². The maximum absolute atomic E-state index is 6.08. The molecule has 0 N–H and O–H groups in total. The molecule has 1 fully saturated rings. The third-order valence-corrected chi connectivity index (χ3v) is 0.512. The van der Waals surface area contributed by atoms with Crippen LogP contribution in [0.2, 0.25) is 0 Å². The number of rotatable bonds is 0. The summed E-state index contributed by atoms with van der Waals surface area (Å²) in [6, 6.07) is 0. The molecule has 0 atom stereocenters. The van der Waals surface area contributed by atoms with E-state index in [-0.39, 0.29) is 0 Å². The van der Waals surface area contributed by atoms with Gasteiger partial charge in [0.25, 0.3) is 0 Å². The molecule has 0 saturated heterocycles. The molecule has 11 heavy (non-hydrogen) atoms. The van der Waals surface area contributed by atoms with Gasteiger partial charge in [-0.25, -0.2) is 6.57 Å². The topological polar surface area (TPSA) is 7.60 Å². The minimum atomic E-state index is 0.611. The molecule has 66 valence electrons. The SMILES string of the molecule is C1CC1.CN(C)C.[C-]#[N+]CC. The molecular formula is C9H20N2. The van der Waals surface area contributed by atoms with Gasteiger partial charge in [0.1, 0.15) is 0 Å². The fourth-order valence-electron chi connectivity index (χ4n) is 0. The van der Waals surface area contributed by atoms with Crippen molar-refractivity contribution in [2.75, 3.05) is 27.7 Å². The van der Waals surface area contributed by atoms with E-state index in [2.05, 4.69) is 4.85 Å². The molecule has 0 unspecified atom stereocenters. The Bertz CT molecular complexity index is 84.7. The molecule has 2 heteroatoms. The summed E-state index contributed by atoms with van der Waals surface area (Å²) in [5, 5.41) is 0. The molecule has 0 aromatic rings. The molecule has 0 aromatic carbocycles. The van der Waals surface area contributed by atoms with Gasteiger partial charge in [-0.1, -0.05) is 19.3 Å². The fourth-order valence-corrected chi connectivity index (χ4v) is 0. The number of nitrogens with zero attached hydrogens (tertiary/aromatic N) is 2. The lowest BCUT2D eigenvalue weighted by molar-refractivity contribution is 0.505.